The lowest BCUT2D eigenvalue weighted by molar-refractivity contribution is 0.0942. The fraction of sp³-hybridized carbons (Fsp3) is 0.250. The van der Waals surface area contributed by atoms with Crippen molar-refractivity contribution < 1.29 is 18.0 Å². The molecule has 0 saturated carbocycles. The maximum absolute atomic E-state index is 13.6. The molecule has 11 heteroatoms. The fourth-order valence-corrected chi connectivity index (χ4v) is 7.18. The Morgan fingerprint density at radius 1 is 1.05 bits per heavy atom. The topological polar surface area (TPSA) is 105 Å². The molecule has 0 aliphatic carbocycles. The quantitative estimate of drug-likeness (QED) is 0.375. The van der Waals surface area contributed by atoms with Crippen LogP contribution in [0.2, 0.25) is 0 Å². The van der Waals surface area contributed by atoms with E-state index in [1.807, 2.05) is 33.0 Å². The molecule has 2 aromatic heterocycles. The van der Waals surface area contributed by atoms with Crippen LogP contribution in [0, 0.1) is 13.8 Å². The number of carbonyl (C=O) groups excluding carboxylic acids is 2. The van der Waals surface area contributed by atoms with Gasteiger partial charge in [0.2, 0.25) is 0 Å². The number of aryl methyl sites for hydroxylation is 2. The van der Waals surface area contributed by atoms with Crippen molar-refractivity contribution in [1.82, 2.24) is 14.7 Å². The van der Waals surface area contributed by atoms with Gasteiger partial charge in [0.1, 0.15) is 5.00 Å². The number of sulfonamides is 1. The summed E-state index contributed by atoms with van der Waals surface area (Å²) in [5.41, 5.74) is 3.68. The number of anilines is 2. The van der Waals surface area contributed by atoms with Crippen LogP contribution < -0.4 is 9.62 Å². The number of hydrogen-bond acceptors (Lipinski definition) is 7. The second kappa shape index (κ2) is 10.4. The van der Waals surface area contributed by atoms with Crippen LogP contribution in [0.4, 0.5) is 10.7 Å². The number of para-hydroxylation sites is 1. The minimum Gasteiger partial charge on any atom is -0.313 e. The normalized spacial score (nSPS) is 13.6. The van der Waals surface area contributed by atoms with Crippen molar-refractivity contribution in [1.29, 1.82) is 0 Å². The van der Waals surface area contributed by atoms with E-state index in [0.717, 1.165) is 28.4 Å². The molecular weight excluding hydrogens is 534 g/mol. The van der Waals surface area contributed by atoms with Crippen molar-refractivity contribution in [2.24, 2.45) is 0 Å². The van der Waals surface area contributed by atoms with E-state index in [9.17, 15) is 18.0 Å². The predicted octanol–water partition coefficient (Wildman–Crippen LogP) is 4.32. The number of thiophene rings is 1. The third kappa shape index (κ3) is 5.12. The Hall–Kier alpha value is -3.80. The van der Waals surface area contributed by atoms with Crippen molar-refractivity contribution in [2.45, 2.75) is 31.7 Å². The Morgan fingerprint density at radius 2 is 1.74 bits per heavy atom. The Labute approximate surface area is 231 Å². The zero-order valence-electron chi connectivity index (χ0n) is 22.1. The average molecular weight is 564 g/mol. The Morgan fingerprint density at radius 3 is 2.38 bits per heavy atom. The van der Waals surface area contributed by atoms with Crippen molar-refractivity contribution in [3.05, 3.63) is 93.6 Å². The van der Waals surface area contributed by atoms with Gasteiger partial charge < -0.3 is 10.2 Å². The van der Waals surface area contributed by atoms with E-state index in [2.05, 4.69) is 15.3 Å². The van der Waals surface area contributed by atoms with Crippen LogP contribution in [0.1, 0.15) is 42.5 Å². The van der Waals surface area contributed by atoms with Gasteiger partial charge in [0.25, 0.3) is 21.8 Å². The number of nitrogens with zero attached hydrogens (tertiary/aromatic N) is 4. The number of benzene rings is 2. The first-order valence-electron chi connectivity index (χ1n) is 12.4. The maximum atomic E-state index is 13.6. The molecule has 0 bridgehead atoms. The van der Waals surface area contributed by atoms with Crippen LogP contribution in [0.5, 0.6) is 0 Å². The zero-order chi connectivity index (χ0) is 27.9. The summed E-state index contributed by atoms with van der Waals surface area (Å²) in [6.45, 7) is 5.16. The SMILES string of the molecule is Cc1cc(C)n(C(=O)c2c(NC(=O)c3ccc(S(=O)(=O)N(C)c4ccccc4)cc3)sc3c2CCN(C)C3)n1. The highest BCUT2D eigenvalue weighted by atomic mass is 32.2. The summed E-state index contributed by atoms with van der Waals surface area (Å²) in [6.07, 6.45) is 0.695. The standard InChI is InChI=1S/C28H29N5O4S2/c1-18-16-19(2)33(30-18)28(35)25-23-14-15-31(3)17-24(23)38-27(25)29-26(34)20-10-12-22(13-11-20)39(36,37)32(4)21-8-6-5-7-9-21/h5-13,16H,14-15,17H2,1-4H3,(H,29,34). The van der Waals surface area contributed by atoms with Gasteiger partial charge >= 0.3 is 0 Å². The minimum absolute atomic E-state index is 0.0698. The van der Waals surface area contributed by atoms with Gasteiger partial charge in [-0.25, -0.2) is 13.1 Å². The molecule has 4 aromatic rings. The first-order chi connectivity index (χ1) is 18.6. The van der Waals surface area contributed by atoms with E-state index >= 15 is 0 Å². The molecule has 0 saturated heterocycles. The molecule has 2 aromatic carbocycles. The molecule has 1 aliphatic rings. The molecule has 1 N–H and O–H groups in total. The van der Waals surface area contributed by atoms with Gasteiger partial charge in [-0.3, -0.25) is 13.9 Å². The van der Waals surface area contributed by atoms with E-state index in [0.29, 0.717) is 29.2 Å². The molecule has 9 nitrogen and oxygen atoms in total. The number of amides is 1. The number of nitrogens with one attached hydrogen (secondary N) is 1. The van der Waals surface area contributed by atoms with E-state index < -0.39 is 15.9 Å². The highest BCUT2D eigenvalue weighted by Crippen LogP contribution is 2.38. The lowest BCUT2D eigenvalue weighted by atomic mass is 10.0. The van der Waals surface area contributed by atoms with Crippen molar-refractivity contribution in [3.63, 3.8) is 0 Å². The van der Waals surface area contributed by atoms with Gasteiger partial charge in [0.15, 0.2) is 0 Å². The third-order valence-corrected chi connectivity index (χ3v) is 9.72. The first kappa shape index (κ1) is 26.8. The molecule has 3 heterocycles. The van der Waals surface area contributed by atoms with E-state index in [1.54, 1.807) is 24.3 Å². The molecule has 0 fully saturated rings. The van der Waals surface area contributed by atoms with Crippen molar-refractivity contribution in [2.75, 3.05) is 30.3 Å². The number of likely N-dealkylation sites (N-methyl/N-ethyl adjacent to an activating group) is 1. The van der Waals surface area contributed by atoms with Crippen LogP contribution in [-0.2, 0) is 23.0 Å². The van der Waals surface area contributed by atoms with Crippen LogP contribution in [0.3, 0.4) is 0 Å². The van der Waals surface area contributed by atoms with Crippen molar-refractivity contribution >= 4 is 43.9 Å². The summed E-state index contributed by atoms with van der Waals surface area (Å²) in [5.74, 6) is -0.701. The molecule has 1 amide bonds. The summed E-state index contributed by atoms with van der Waals surface area (Å²) in [7, 11) is -0.296. The van der Waals surface area contributed by atoms with E-state index in [1.165, 1.54) is 51.6 Å². The highest BCUT2D eigenvalue weighted by molar-refractivity contribution is 7.92. The molecule has 0 radical (unpaired) electrons. The molecule has 1 aliphatic heterocycles. The van der Waals surface area contributed by atoms with E-state index in [4.69, 9.17) is 0 Å². The van der Waals surface area contributed by atoms with Crippen LogP contribution in [-0.4, -0.2) is 55.6 Å². The van der Waals surface area contributed by atoms with Gasteiger partial charge in [-0.2, -0.15) is 5.10 Å². The maximum Gasteiger partial charge on any atom is 0.281 e. The highest BCUT2D eigenvalue weighted by Gasteiger charge is 2.30. The lowest BCUT2D eigenvalue weighted by Gasteiger charge is -2.22. The van der Waals surface area contributed by atoms with Crippen molar-refractivity contribution in [3.8, 4) is 0 Å². The molecule has 39 heavy (non-hydrogen) atoms. The summed E-state index contributed by atoms with van der Waals surface area (Å²) >= 11 is 1.40. The third-order valence-electron chi connectivity index (χ3n) is 6.79. The Bertz CT molecular complexity index is 1660. The van der Waals surface area contributed by atoms with Crippen LogP contribution >= 0.6 is 11.3 Å². The molecule has 0 unspecified atom stereocenters. The molecule has 5 rings (SSSR count). The Balaban J connectivity index is 1.43. The summed E-state index contributed by atoms with van der Waals surface area (Å²) in [6, 6.07) is 16.4. The smallest absolute Gasteiger partial charge is 0.281 e. The second-order valence-electron chi connectivity index (χ2n) is 9.63. The minimum atomic E-state index is -3.81. The second-order valence-corrected chi connectivity index (χ2v) is 12.7. The first-order valence-corrected chi connectivity index (χ1v) is 14.7. The predicted molar refractivity (Wildman–Crippen MR) is 152 cm³/mol. The molecule has 0 atom stereocenters. The summed E-state index contributed by atoms with van der Waals surface area (Å²) < 4.78 is 28.8. The fourth-order valence-electron chi connectivity index (χ4n) is 4.67. The lowest BCUT2D eigenvalue weighted by Crippen LogP contribution is -2.27. The number of rotatable bonds is 6. The van der Waals surface area contributed by atoms with Gasteiger partial charge in [-0.05, 0) is 75.3 Å². The summed E-state index contributed by atoms with van der Waals surface area (Å²) in [4.78, 5) is 30.2. The van der Waals surface area contributed by atoms with Crippen LogP contribution in [0.25, 0.3) is 0 Å². The molecule has 0 spiro atoms. The number of aromatic nitrogens is 2. The molecule has 202 valence electrons. The zero-order valence-corrected chi connectivity index (χ0v) is 23.8. The van der Waals surface area contributed by atoms with Crippen LogP contribution in [0.15, 0.2) is 65.6 Å². The van der Waals surface area contributed by atoms with Gasteiger partial charge in [-0.15, -0.1) is 11.3 Å². The number of carbonyl (C=O) groups is 2. The van der Waals surface area contributed by atoms with Gasteiger partial charge in [-0.1, -0.05) is 18.2 Å². The monoisotopic (exact) mass is 563 g/mol. The molecular formula is C28H29N5O4S2. The Kier molecular flexibility index (Phi) is 7.15. The summed E-state index contributed by atoms with van der Waals surface area (Å²) in [5, 5.41) is 7.76. The van der Waals surface area contributed by atoms with Gasteiger partial charge in [0.05, 0.1) is 21.8 Å². The number of fused-ring (bicyclic) bond motifs is 1. The number of hydrogen-bond donors (Lipinski definition) is 1. The largest absolute Gasteiger partial charge is 0.313 e. The van der Waals surface area contributed by atoms with E-state index in [-0.39, 0.29) is 16.4 Å². The van der Waals surface area contributed by atoms with Gasteiger partial charge in [0, 0.05) is 36.3 Å². The average Bonchev–Trinajstić information content (AvgIpc) is 3.45.